The Labute approximate surface area is 180 Å². The molecule has 5 rings (SSSR count). The first-order valence-corrected chi connectivity index (χ1v) is 11.8. The van der Waals surface area contributed by atoms with E-state index in [2.05, 4.69) is 17.5 Å². The van der Waals surface area contributed by atoms with Crippen molar-refractivity contribution in [1.29, 1.82) is 0 Å². The molecule has 0 aromatic heterocycles. The predicted molar refractivity (Wildman–Crippen MR) is 115 cm³/mol. The van der Waals surface area contributed by atoms with Crippen LogP contribution < -0.4 is 5.32 Å². The van der Waals surface area contributed by atoms with Crippen LogP contribution in [0, 0.1) is 16.0 Å². The Bertz CT molecular complexity index is 1140. The van der Waals surface area contributed by atoms with Crippen molar-refractivity contribution in [1.82, 2.24) is 4.31 Å². The number of ether oxygens (including phenoxy) is 1. The highest BCUT2D eigenvalue weighted by molar-refractivity contribution is 7.89. The molecule has 3 aliphatic rings. The van der Waals surface area contributed by atoms with Crippen LogP contribution in [-0.4, -0.2) is 43.9 Å². The van der Waals surface area contributed by atoms with Crippen LogP contribution in [0.4, 0.5) is 11.4 Å². The molecule has 9 heteroatoms. The van der Waals surface area contributed by atoms with Gasteiger partial charge in [0, 0.05) is 36.8 Å². The van der Waals surface area contributed by atoms with Crippen molar-refractivity contribution in [2.24, 2.45) is 5.92 Å². The van der Waals surface area contributed by atoms with Gasteiger partial charge in [0.05, 0.1) is 29.1 Å². The predicted octanol–water partition coefficient (Wildman–Crippen LogP) is 3.44. The zero-order valence-electron chi connectivity index (χ0n) is 16.8. The second-order valence-electron chi connectivity index (χ2n) is 8.09. The molecule has 0 spiro atoms. The lowest BCUT2D eigenvalue weighted by atomic mass is 9.77. The fraction of sp³-hybridized carbons (Fsp3) is 0.364. The van der Waals surface area contributed by atoms with E-state index in [9.17, 15) is 18.5 Å². The average molecular weight is 442 g/mol. The van der Waals surface area contributed by atoms with Crippen molar-refractivity contribution >= 4 is 21.4 Å². The van der Waals surface area contributed by atoms with Gasteiger partial charge in [-0.15, -0.1) is 0 Å². The number of sulfonamides is 1. The number of nitrogens with one attached hydrogen (secondary N) is 1. The van der Waals surface area contributed by atoms with Gasteiger partial charge in [-0.05, 0) is 41.7 Å². The van der Waals surface area contributed by atoms with Gasteiger partial charge in [-0.25, -0.2) is 8.42 Å². The molecule has 0 bridgehead atoms. The number of morpholine rings is 1. The van der Waals surface area contributed by atoms with Crippen LogP contribution in [-0.2, 0) is 14.8 Å². The Kier molecular flexibility index (Phi) is 5.04. The number of anilines is 1. The first-order valence-electron chi connectivity index (χ1n) is 10.3. The van der Waals surface area contributed by atoms with Crippen molar-refractivity contribution in [2.45, 2.75) is 23.3 Å². The molecule has 2 aromatic rings. The minimum absolute atomic E-state index is 0.00547. The Morgan fingerprint density at radius 1 is 1.10 bits per heavy atom. The maximum absolute atomic E-state index is 12.9. The number of hydrogen-bond acceptors (Lipinski definition) is 6. The molecule has 162 valence electrons. The van der Waals surface area contributed by atoms with E-state index in [1.54, 1.807) is 24.3 Å². The number of nitro benzene ring substituents is 1. The van der Waals surface area contributed by atoms with Crippen molar-refractivity contribution in [3.8, 4) is 0 Å². The van der Waals surface area contributed by atoms with Gasteiger partial charge in [-0.1, -0.05) is 24.3 Å². The Balaban J connectivity index is 1.44. The first kappa shape index (κ1) is 20.2. The highest BCUT2D eigenvalue weighted by atomic mass is 32.2. The summed E-state index contributed by atoms with van der Waals surface area (Å²) in [6.45, 7) is 1.56. The molecule has 8 nitrogen and oxygen atoms in total. The van der Waals surface area contributed by atoms with E-state index >= 15 is 0 Å². The SMILES string of the molecule is O=[N+]([O-])c1ccc2c(c1)[C@@H]1C=CC[C@H]1[C@H](c1ccc(S(=O)(=O)N3CCOCC3)cc1)N2. The maximum atomic E-state index is 12.9. The van der Waals surface area contributed by atoms with Crippen molar-refractivity contribution in [3.63, 3.8) is 0 Å². The quantitative estimate of drug-likeness (QED) is 0.443. The smallest absolute Gasteiger partial charge is 0.269 e. The molecular weight excluding hydrogens is 418 g/mol. The van der Waals surface area contributed by atoms with E-state index in [1.807, 2.05) is 12.1 Å². The first-order chi connectivity index (χ1) is 14.9. The zero-order chi connectivity index (χ0) is 21.6. The second-order valence-corrected chi connectivity index (χ2v) is 10.0. The molecule has 2 heterocycles. The molecule has 31 heavy (non-hydrogen) atoms. The Morgan fingerprint density at radius 2 is 1.84 bits per heavy atom. The lowest BCUT2D eigenvalue weighted by Crippen LogP contribution is -2.40. The van der Waals surface area contributed by atoms with Crippen LogP contribution in [0.2, 0.25) is 0 Å². The molecule has 0 unspecified atom stereocenters. The largest absolute Gasteiger partial charge is 0.379 e. The van der Waals surface area contributed by atoms with E-state index in [4.69, 9.17) is 4.74 Å². The third-order valence-electron chi connectivity index (χ3n) is 6.40. The van der Waals surface area contributed by atoms with Gasteiger partial charge in [0.15, 0.2) is 0 Å². The number of nitrogens with zero attached hydrogens (tertiary/aromatic N) is 2. The molecule has 1 saturated heterocycles. The van der Waals surface area contributed by atoms with Gasteiger partial charge < -0.3 is 10.1 Å². The molecule has 0 amide bonds. The van der Waals surface area contributed by atoms with E-state index in [0.29, 0.717) is 26.3 Å². The van der Waals surface area contributed by atoms with Gasteiger partial charge in [-0.2, -0.15) is 4.31 Å². The average Bonchev–Trinajstić information content (AvgIpc) is 3.29. The van der Waals surface area contributed by atoms with Crippen LogP contribution in [0.3, 0.4) is 0 Å². The highest BCUT2D eigenvalue weighted by Gasteiger charge is 2.38. The summed E-state index contributed by atoms with van der Waals surface area (Å²) in [5.74, 6) is 0.314. The van der Waals surface area contributed by atoms with Crippen molar-refractivity contribution < 1.29 is 18.1 Å². The van der Waals surface area contributed by atoms with Gasteiger partial charge in [0.2, 0.25) is 10.0 Å². The fourth-order valence-electron chi connectivity index (χ4n) is 4.81. The Hall–Kier alpha value is -2.75. The molecule has 1 N–H and O–H groups in total. The lowest BCUT2D eigenvalue weighted by molar-refractivity contribution is -0.384. The molecule has 0 saturated carbocycles. The normalized spacial score (nSPS) is 25.5. The van der Waals surface area contributed by atoms with Gasteiger partial charge in [0.1, 0.15) is 0 Å². The number of fused-ring (bicyclic) bond motifs is 3. The summed E-state index contributed by atoms with van der Waals surface area (Å²) >= 11 is 0. The third-order valence-corrected chi connectivity index (χ3v) is 8.32. The zero-order valence-corrected chi connectivity index (χ0v) is 17.6. The number of rotatable bonds is 4. The van der Waals surface area contributed by atoms with Gasteiger partial charge >= 0.3 is 0 Å². The maximum Gasteiger partial charge on any atom is 0.269 e. The third kappa shape index (κ3) is 3.52. The summed E-state index contributed by atoms with van der Waals surface area (Å²) < 4.78 is 32.5. The van der Waals surface area contributed by atoms with Crippen LogP contribution in [0.1, 0.15) is 29.5 Å². The minimum Gasteiger partial charge on any atom is -0.379 e. The molecule has 0 radical (unpaired) electrons. The fourth-order valence-corrected chi connectivity index (χ4v) is 6.22. The van der Waals surface area contributed by atoms with E-state index in [0.717, 1.165) is 23.2 Å². The lowest BCUT2D eigenvalue weighted by Gasteiger charge is -2.37. The monoisotopic (exact) mass is 441 g/mol. The van der Waals surface area contributed by atoms with E-state index in [-0.39, 0.29) is 33.4 Å². The van der Waals surface area contributed by atoms with Crippen LogP contribution >= 0.6 is 0 Å². The van der Waals surface area contributed by atoms with Crippen molar-refractivity contribution in [3.05, 3.63) is 75.9 Å². The molecule has 1 fully saturated rings. The number of hydrogen-bond donors (Lipinski definition) is 1. The van der Waals surface area contributed by atoms with E-state index in [1.165, 1.54) is 10.4 Å². The molecule has 1 aliphatic carbocycles. The minimum atomic E-state index is -3.53. The summed E-state index contributed by atoms with van der Waals surface area (Å²) in [6.07, 6.45) is 5.10. The highest BCUT2D eigenvalue weighted by Crippen LogP contribution is 2.50. The Morgan fingerprint density at radius 3 is 2.55 bits per heavy atom. The summed E-state index contributed by atoms with van der Waals surface area (Å²) in [5, 5.41) is 14.7. The van der Waals surface area contributed by atoms with E-state index < -0.39 is 10.0 Å². The summed E-state index contributed by atoms with van der Waals surface area (Å²) in [6, 6.07) is 12.0. The van der Waals surface area contributed by atoms with Crippen LogP contribution in [0.25, 0.3) is 0 Å². The summed E-state index contributed by atoms with van der Waals surface area (Å²) in [5.41, 5.74) is 2.92. The van der Waals surface area contributed by atoms with Crippen molar-refractivity contribution in [2.75, 3.05) is 31.6 Å². The molecule has 3 atom stereocenters. The summed E-state index contributed by atoms with van der Waals surface area (Å²) in [7, 11) is -3.53. The summed E-state index contributed by atoms with van der Waals surface area (Å²) in [4.78, 5) is 11.1. The van der Waals surface area contributed by atoms with Crippen LogP contribution in [0.15, 0.2) is 59.5 Å². The molecule has 2 aliphatic heterocycles. The van der Waals surface area contributed by atoms with Gasteiger partial charge in [-0.3, -0.25) is 10.1 Å². The molecule has 2 aromatic carbocycles. The number of benzene rings is 2. The number of allylic oxidation sites excluding steroid dienone is 2. The number of non-ortho nitro benzene ring substituents is 1. The second kappa shape index (κ2) is 7.74. The molecular formula is C22H23N3O5S. The van der Waals surface area contributed by atoms with Crippen LogP contribution in [0.5, 0.6) is 0 Å². The standard InChI is InChI=1S/C22H23N3O5S/c26-25(27)16-6-9-21-20(14-16)18-2-1-3-19(18)22(23-21)15-4-7-17(8-5-15)31(28,29)24-10-12-30-13-11-24/h1-2,4-9,14,18-19,22-23H,3,10-13H2/t18-,19-,22+/m1/s1. The number of nitro groups is 1. The van der Waals surface area contributed by atoms with Gasteiger partial charge in [0.25, 0.3) is 5.69 Å². The topological polar surface area (TPSA) is 102 Å².